The summed E-state index contributed by atoms with van der Waals surface area (Å²) in [4.78, 5) is 14.5. The van der Waals surface area contributed by atoms with Crippen molar-refractivity contribution in [2.75, 3.05) is 11.4 Å². The first-order valence-corrected chi connectivity index (χ1v) is 6.29. The minimum Gasteiger partial charge on any atom is -0.329 e. The molecule has 1 unspecified atom stereocenters. The van der Waals surface area contributed by atoms with Gasteiger partial charge in [0.2, 0.25) is 5.91 Å². The smallest absolute Gasteiger partial charge is 0.234 e. The van der Waals surface area contributed by atoms with E-state index in [0.29, 0.717) is 6.54 Å². The molecule has 0 radical (unpaired) electrons. The van der Waals surface area contributed by atoms with Crippen LogP contribution >= 0.6 is 0 Å². The maximum Gasteiger partial charge on any atom is 0.234 e. The Morgan fingerprint density at radius 2 is 2.18 bits per heavy atom. The summed E-state index contributed by atoms with van der Waals surface area (Å²) in [7, 11) is 0. The summed E-state index contributed by atoms with van der Waals surface area (Å²) < 4.78 is 0. The monoisotopic (exact) mass is 230 g/mol. The summed E-state index contributed by atoms with van der Waals surface area (Å²) in [5, 5.41) is 0. The highest BCUT2D eigenvalue weighted by Crippen LogP contribution is 2.48. The summed E-state index contributed by atoms with van der Waals surface area (Å²) >= 11 is 0. The summed E-state index contributed by atoms with van der Waals surface area (Å²) in [6.07, 6.45) is 2.87. The second-order valence-corrected chi connectivity index (χ2v) is 5.34. The van der Waals surface area contributed by atoms with Gasteiger partial charge >= 0.3 is 0 Å². The van der Waals surface area contributed by atoms with Gasteiger partial charge in [-0.05, 0) is 37.8 Å². The Bertz CT molecular complexity index is 465. The van der Waals surface area contributed by atoms with Crippen LogP contribution < -0.4 is 10.6 Å². The van der Waals surface area contributed by atoms with Crippen LogP contribution in [0, 0.1) is 5.41 Å². The number of amides is 1. The van der Waals surface area contributed by atoms with Crippen molar-refractivity contribution in [2.24, 2.45) is 11.1 Å². The van der Waals surface area contributed by atoms with Crippen LogP contribution in [0.5, 0.6) is 0 Å². The number of fused-ring (bicyclic) bond motifs is 1. The molecule has 90 valence electrons. The van der Waals surface area contributed by atoms with Gasteiger partial charge in [-0.1, -0.05) is 18.2 Å². The molecule has 0 saturated heterocycles. The molecule has 1 fully saturated rings. The molecule has 0 spiro atoms. The Labute approximate surface area is 102 Å². The molecular weight excluding hydrogens is 212 g/mol. The van der Waals surface area contributed by atoms with E-state index >= 15 is 0 Å². The molecule has 1 aromatic rings. The van der Waals surface area contributed by atoms with E-state index in [-0.39, 0.29) is 17.4 Å². The molecule has 3 nitrogen and oxygen atoms in total. The fraction of sp³-hybridized carbons (Fsp3) is 0.500. The first-order valence-electron chi connectivity index (χ1n) is 6.29. The van der Waals surface area contributed by atoms with Crippen LogP contribution in [0.4, 0.5) is 5.69 Å². The molecule has 0 bridgehead atoms. The van der Waals surface area contributed by atoms with Gasteiger partial charge in [0.25, 0.3) is 0 Å². The van der Waals surface area contributed by atoms with Crippen LogP contribution in [0.3, 0.4) is 0 Å². The van der Waals surface area contributed by atoms with Crippen LogP contribution in [-0.2, 0) is 11.2 Å². The molecular formula is C14H18N2O. The van der Waals surface area contributed by atoms with Gasteiger partial charge in [0.05, 0.1) is 5.41 Å². The molecule has 1 saturated carbocycles. The topological polar surface area (TPSA) is 46.3 Å². The van der Waals surface area contributed by atoms with E-state index in [9.17, 15) is 4.79 Å². The first-order chi connectivity index (χ1) is 8.18. The number of carbonyl (C=O) groups excluding carboxylic acids is 1. The standard InChI is InChI=1S/C14H18N2O/c1-10-8-11-4-2-3-5-12(11)16(10)13(17)14(9-15)6-7-14/h2-5,10H,6-9,15H2,1H3. The third kappa shape index (κ3) is 1.49. The van der Waals surface area contributed by atoms with Crippen LogP contribution in [0.15, 0.2) is 24.3 Å². The van der Waals surface area contributed by atoms with Crippen molar-refractivity contribution >= 4 is 11.6 Å². The zero-order chi connectivity index (χ0) is 12.0. The maximum absolute atomic E-state index is 12.6. The van der Waals surface area contributed by atoms with Gasteiger partial charge in [0, 0.05) is 18.3 Å². The molecule has 0 aromatic heterocycles. The highest BCUT2D eigenvalue weighted by atomic mass is 16.2. The molecule has 1 aliphatic carbocycles. The van der Waals surface area contributed by atoms with E-state index in [1.54, 1.807) is 0 Å². The normalized spacial score (nSPS) is 24.6. The minimum atomic E-state index is -0.244. The Balaban J connectivity index is 1.96. The van der Waals surface area contributed by atoms with Crippen LogP contribution in [0.2, 0.25) is 0 Å². The largest absolute Gasteiger partial charge is 0.329 e. The molecule has 1 heterocycles. The average molecular weight is 230 g/mol. The van der Waals surface area contributed by atoms with Gasteiger partial charge in [-0.3, -0.25) is 4.79 Å². The third-order valence-corrected chi connectivity index (χ3v) is 4.12. The van der Waals surface area contributed by atoms with E-state index in [0.717, 1.165) is 24.9 Å². The zero-order valence-electron chi connectivity index (χ0n) is 10.1. The number of rotatable bonds is 2. The highest BCUT2D eigenvalue weighted by molar-refractivity contribution is 6.01. The number of nitrogens with two attached hydrogens (primary N) is 1. The second kappa shape index (κ2) is 3.57. The van der Waals surface area contributed by atoms with Gasteiger partial charge < -0.3 is 10.6 Å². The predicted molar refractivity (Wildman–Crippen MR) is 67.8 cm³/mol. The Kier molecular flexibility index (Phi) is 2.26. The van der Waals surface area contributed by atoms with Gasteiger partial charge in [0.1, 0.15) is 0 Å². The van der Waals surface area contributed by atoms with Crippen LogP contribution in [0.25, 0.3) is 0 Å². The van der Waals surface area contributed by atoms with Crippen LogP contribution in [-0.4, -0.2) is 18.5 Å². The fourth-order valence-corrected chi connectivity index (χ4v) is 2.79. The lowest BCUT2D eigenvalue weighted by atomic mass is 10.1. The van der Waals surface area contributed by atoms with Gasteiger partial charge in [0.15, 0.2) is 0 Å². The van der Waals surface area contributed by atoms with Gasteiger partial charge in [-0.2, -0.15) is 0 Å². The van der Waals surface area contributed by atoms with Crippen molar-refractivity contribution in [3.63, 3.8) is 0 Å². The van der Waals surface area contributed by atoms with Crippen molar-refractivity contribution in [1.82, 2.24) is 0 Å². The quantitative estimate of drug-likeness (QED) is 0.840. The van der Waals surface area contributed by atoms with Gasteiger partial charge in [-0.25, -0.2) is 0 Å². The Morgan fingerprint density at radius 3 is 2.82 bits per heavy atom. The van der Waals surface area contributed by atoms with E-state index in [1.807, 2.05) is 23.1 Å². The number of hydrogen-bond acceptors (Lipinski definition) is 2. The maximum atomic E-state index is 12.6. The number of anilines is 1. The summed E-state index contributed by atoms with van der Waals surface area (Å²) in [5.41, 5.74) is 7.88. The van der Waals surface area contributed by atoms with Crippen molar-refractivity contribution < 1.29 is 4.79 Å². The molecule has 1 amide bonds. The summed E-state index contributed by atoms with van der Waals surface area (Å²) in [6.45, 7) is 2.60. The second-order valence-electron chi connectivity index (χ2n) is 5.34. The van der Waals surface area contributed by atoms with E-state index in [1.165, 1.54) is 5.56 Å². The molecule has 3 heteroatoms. The minimum absolute atomic E-state index is 0.234. The van der Waals surface area contributed by atoms with E-state index < -0.39 is 0 Å². The molecule has 1 aromatic carbocycles. The first kappa shape index (κ1) is 10.8. The Morgan fingerprint density at radius 1 is 1.47 bits per heavy atom. The zero-order valence-corrected chi connectivity index (χ0v) is 10.1. The van der Waals surface area contributed by atoms with E-state index in [2.05, 4.69) is 13.0 Å². The molecule has 3 rings (SSSR count). The number of carbonyl (C=O) groups is 1. The summed E-state index contributed by atoms with van der Waals surface area (Å²) in [5.74, 6) is 0.234. The molecule has 2 aliphatic rings. The molecule has 2 N–H and O–H groups in total. The molecule has 1 aliphatic heterocycles. The van der Waals surface area contributed by atoms with Crippen molar-refractivity contribution in [1.29, 1.82) is 0 Å². The summed E-state index contributed by atoms with van der Waals surface area (Å²) in [6, 6.07) is 8.46. The number of hydrogen-bond donors (Lipinski definition) is 1. The molecule has 1 atom stereocenters. The lowest BCUT2D eigenvalue weighted by Gasteiger charge is -2.27. The van der Waals surface area contributed by atoms with Crippen molar-refractivity contribution in [2.45, 2.75) is 32.2 Å². The highest BCUT2D eigenvalue weighted by Gasteiger charge is 2.52. The fourth-order valence-electron chi connectivity index (χ4n) is 2.79. The van der Waals surface area contributed by atoms with Crippen molar-refractivity contribution in [3.8, 4) is 0 Å². The van der Waals surface area contributed by atoms with Crippen molar-refractivity contribution in [3.05, 3.63) is 29.8 Å². The number of nitrogens with zero attached hydrogens (tertiary/aromatic N) is 1. The Hall–Kier alpha value is -1.35. The third-order valence-electron chi connectivity index (χ3n) is 4.12. The van der Waals surface area contributed by atoms with Crippen LogP contribution in [0.1, 0.15) is 25.3 Å². The lowest BCUT2D eigenvalue weighted by molar-refractivity contribution is -0.123. The SMILES string of the molecule is CC1Cc2ccccc2N1C(=O)C1(CN)CC1. The molecule has 17 heavy (non-hydrogen) atoms. The number of para-hydroxylation sites is 1. The number of benzene rings is 1. The predicted octanol–water partition coefficient (Wildman–Crippen LogP) is 1.70. The average Bonchev–Trinajstić information content (AvgIpc) is 3.06. The lowest BCUT2D eigenvalue weighted by Crippen LogP contribution is -2.43. The van der Waals surface area contributed by atoms with Gasteiger partial charge in [-0.15, -0.1) is 0 Å². The van der Waals surface area contributed by atoms with E-state index in [4.69, 9.17) is 5.73 Å².